The SMILES string of the molecule is Cc1cc(C)c(CNC(C)C(=O)NC2CC2)c(C)c1. The third kappa shape index (κ3) is 3.80. The standard InChI is InChI=1S/C16H24N2O/c1-10-7-11(2)15(12(3)8-10)9-17-13(4)16(19)18-14-5-6-14/h7-8,13-14,17H,5-6,9H2,1-4H3,(H,18,19). The van der Waals surface area contributed by atoms with Gasteiger partial charge in [-0.3, -0.25) is 4.79 Å². The molecule has 0 aromatic heterocycles. The number of carbonyl (C=O) groups excluding carboxylic acids is 1. The Labute approximate surface area is 115 Å². The third-order valence-electron chi connectivity index (χ3n) is 3.74. The van der Waals surface area contributed by atoms with Crippen LogP contribution in [0.1, 0.15) is 42.0 Å². The van der Waals surface area contributed by atoms with Gasteiger partial charge in [0.25, 0.3) is 0 Å². The van der Waals surface area contributed by atoms with Gasteiger partial charge in [0.1, 0.15) is 0 Å². The molecule has 1 aromatic rings. The van der Waals surface area contributed by atoms with Crippen LogP contribution in [0.5, 0.6) is 0 Å². The molecule has 0 saturated heterocycles. The van der Waals surface area contributed by atoms with Crippen molar-refractivity contribution >= 4 is 5.91 Å². The highest BCUT2D eigenvalue weighted by molar-refractivity contribution is 5.81. The second kappa shape index (κ2) is 5.74. The summed E-state index contributed by atoms with van der Waals surface area (Å²) >= 11 is 0. The monoisotopic (exact) mass is 260 g/mol. The summed E-state index contributed by atoms with van der Waals surface area (Å²) in [5.74, 6) is 0.116. The van der Waals surface area contributed by atoms with Gasteiger partial charge in [0.05, 0.1) is 6.04 Å². The van der Waals surface area contributed by atoms with Crippen LogP contribution in [0.4, 0.5) is 0 Å². The number of nitrogens with one attached hydrogen (secondary N) is 2. The van der Waals surface area contributed by atoms with Crippen molar-refractivity contribution in [2.45, 2.75) is 59.2 Å². The Morgan fingerprint density at radius 3 is 2.37 bits per heavy atom. The predicted octanol–water partition coefficient (Wildman–Crippen LogP) is 2.37. The molecule has 0 aliphatic heterocycles. The lowest BCUT2D eigenvalue weighted by Crippen LogP contribution is -2.42. The zero-order chi connectivity index (χ0) is 14.0. The fourth-order valence-electron chi connectivity index (χ4n) is 2.39. The Hall–Kier alpha value is -1.35. The second-order valence-corrected chi connectivity index (χ2v) is 5.76. The van der Waals surface area contributed by atoms with Gasteiger partial charge < -0.3 is 10.6 Å². The smallest absolute Gasteiger partial charge is 0.237 e. The van der Waals surface area contributed by atoms with E-state index in [0.29, 0.717) is 6.04 Å². The van der Waals surface area contributed by atoms with E-state index in [9.17, 15) is 4.79 Å². The van der Waals surface area contributed by atoms with Gasteiger partial charge in [-0.1, -0.05) is 17.7 Å². The average Bonchev–Trinajstić information content (AvgIpc) is 3.11. The van der Waals surface area contributed by atoms with Crippen LogP contribution in [-0.4, -0.2) is 18.0 Å². The average molecular weight is 260 g/mol. The molecule has 1 unspecified atom stereocenters. The maximum atomic E-state index is 11.9. The lowest BCUT2D eigenvalue weighted by molar-refractivity contribution is -0.122. The van der Waals surface area contributed by atoms with Gasteiger partial charge in [0, 0.05) is 12.6 Å². The molecule has 1 amide bonds. The zero-order valence-electron chi connectivity index (χ0n) is 12.3. The number of carbonyl (C=O) groups is 1. The van der Waals surface area contributed by atoms with Crippen LogP contribution in [0.25, 0.3) is 0 Å². The van der Waals surface area contributed by atoms with Crippen molar-refractivity contribution in [3.05, 3.63) is 34.4 Å². The minimum Gasteiger partial charge on any atom is -0.352 e. The molecule has 1 saturated carbocycles. The van der Waals surface area contributed by atoms with Crippen LogP contribution >= 0.6 is 0 Å². The van der Waals surface area contributed by atoms with Crippen LogP contribution in [0.15, 0.2) is 12.1 Å². The van der Waals surface area contributed by atoms with Crippen LogP contribution in [0, 0.1) is 20.8 Å². The second-order valence-electron chi connectivity index (χ2n) is 5.76. The van der Waals surface area contributed by atoms with E-state index in [1.54, 1.807) is 0 Å². The molecule has 19 heavy (non-hydrogen) atoms. The molecular weight excluding hydrogens is 236 g/mol. The molecule has 0 radical (unpaired) electrons. The van der Waals surface area contributed by atoms with Crippen molar-refractivity contribution in [2.75, 3.05) is 0 Å². The van der Waals surface area contributed by atoms with Crippen molar-refractivity contribution in [3.8, 4) is 0 Å². The Bertz CT molecular complexity index is 455. The number of rotatable bonds is 5. The van der Waals surface area contributed by atoms with E-state index in [1.165, 1.54) is 22.3 Å². The summed E-state index contributed by atoms with van der Waals surface area (Å²) in [4.78, 5) is 11.9. The molecule has 1 aliphatic rings. The normalized spacial score (nSPS) is 16.2. The summed E-state index contributed by atoms with van der Waals surface area (Å²) in [5.41, 5.74) is 5.18. The van der Waals surface area contributed by atoms with Crippen molar-refractivity contribution in [3.63, 3.8) is 0 Å². The fourth-order valence-corrected chi connectivity index (χ4v) is 2.39. The first-order valence-corrected chi connectivity index (χ1v) is 7.08. The quantitative estimate of drug-likeness (QED) is 0.853. The minimum absolute atomic E-state index is 0.116. The molecule has 3 heteroatoms. The minimum atomic E-state index is -0.138. The molecule has 1 aliphatic carbocycles. The first-order chi connectivity index (χ1) is 8.97. The lowest BCUT2D eigenvalue weighted by Gasteiger charge is -2.17. The predicted molar refractivity (Wildman–Crippen MR) is 78.1 cm³/mol. The van der Waals surface area contributed by atoms with Crippen molar-refractivity contribution < 1.29 is 4.79 Å². The van der Waals surface area contributed by atoms with E-state index in [1.807, 2.05) is 6.92 Å². The molecule has 0 heterocycles. The maximum Gasteiger partial charge on any atom is 0.237 e. The number of amides is 1. The first kappa shape index (κ1) is 14.1. The fraction of sp³-hybridized carbons (Fsp3) is 0.562. The summed E-state index contributed by atoms with van der Waals surface area (Å²) in [6.45, 7) is 9.05. The molecule has 1 atom stereocenters. The van der Waals surface area contributed by atoms with E-state index in [0.717, 1.165) is 19.4 Å². The number of aryl methyl sites for hydroxylation is 3. The Kier molecular flexibility index (Phi) is 4.25. The molecule has 0 spiro atoms. The van der Waals surface area contributed by atoms with Crippen LogP contribution in [-0.2, 0) is 11.3 Å². The summed E-state index contributed by atoms with van der Waals surface area (Å²) in [6, 6.07) is 4.68. The highest BCUT2D eigenvalue weighted by Crippen LogP contribution is 2.19. The van der Waals surface area contributed by atoms with Gasteiger partial charge >= 0.3 is 0 Å². The number of hydrogen-bond acceptors (Lipinski definition) is 2. The maximum absolute atomic E-state index is 11.9. The molecule has 104 valence electrons. The van der Waals surface area contributed by atoms with Gasteiger partial charge in [-0.15, -0.1) is 0 Å². The summed E-state index contributed by atoms with van der Waals surface area (Å²) in [6.07, 6.45) is 2.27. The van der Waals surface area contributed by atoms with Crippen LogP contribution < -0.4 is 10.6 Å². The van der Waals surface area contributed by atoms with Gasteiger partial charge in [-0.25, -0.2) is 0 Å². The molecule has 3 nitrogen and oxygen atoms in total. The summed E-state index contributed by atoms with van der Waals surface area (Å²) in [7, 11) is 0. The molecule has 1 fully saturated rings. The highest BCUT2D eigenvalue weighted by Gasteiger charge is 2.25. The number of benzene rings is 1. The van der Waals surface area contributed by atoms with E-state index in [-0.39, 0.29) is 11.9 Å². The van der Waals surface area contributed by atoms with E-state index >= 15 is 0 Å². The van der Waals surface area contributed by atoms with E-state index in [2.05, 4.69) is 43.5 Å². The van der Waals surface area contributed by atoms with Crippen LogP contribution in [0.2, 0.25) is 0 Å². The topological polar surface area (TPSA) is 41.1 Å². The highest BCUT2D eigenvalue weighted by atomic mass is 16.2. The van der Waals surface area contributed by atoms with Gasteiger partial charge in [-0.05, 0) is 57.2 Å². The molecule has 2 rings (SSSR count). The van der Waals surface area contributed by atoms with E-state index in [4.69, 9.17) is 0 Å². The largest absolute Gasteiger partial charge is 0.352 e. The first-order valence-electron chi connectivity index (χ1n) is 7.08. The van der Waals surface area contributed by atoms with Gasteiger partial charge in [0.15, 0.2) is 0 Å². The number of hydrogen-bond donors (Lipinski definition) is 2. The van der Waals surface area contributed by atoms with Gasteiger partial charge in [0.2, 0.25) is 5.91 Å². The van der Waals surface area contributed by atoms with Crippen molar-refractivity contribution in [1.82, 2.24) is 10.6 Å². The Morgan fingerprint density at radius 1 is 1.26 bits per heavy atom. The molecule has 1 aromatic carbocycles. The Balaban J connectivity index is 1.92. The van der Waals surface area contributed by atoms with Crippen molar-refractivity contribution in [1.29, 1.82) is 0 Å². The molecule has 2 N–H and O–H groups in total. The summed E-state index contributed by atoms with van der Waals surface area (Å²) in [5, 5.41) is 6.35. The van der Waals surface area contributed by atoms with E-state index < -0.39 is 0 Å². The van der Waals surface area contributed by atoms with Gasteiger partial charge in [-0.2, -0.15) is 0 Å². The molecular formula is C16H24N2O. The van der Waals surface area contributed by atoms with Crippen molar-refractivity contribution in [2.24, 2.45) is 0 Å². The third-order valence-corrected chi connectivity index (χ3v) is 3.74. The summed E-state index contributed by atoms with van der Waals surface area (Å²) < 4.78 is 0. The molecule has 0 bridgehead atoms. The zero-order valence-corrected chi connectivity index (χ0v) is 12.3. The lowest BCUT2D eigenvalue weighted by atomic mass is 9.99. The van der Waals surface area contributed by atoms with Crippen LogP contribution in [0.3, 0.4) is 0 Å². The Morgan fingerprint density at radius 2 is 1.84 bits per heavy atom.